The van der Waals surface area contributed by atoms with Crippen LogP contribution in [0.3, 0.4) is 0 Å². The van der Waals surface area contributed by atoms with Gasteiger partial charge in [0.1, 0.15) is 6.04 Å². The Morgan fingerprint density at radius 2 is 1.45 bits per heavy atom. The highest BCUT2D eigenvalue weighted by Gasteiger charge is 2.31. The predicted molar refractivity (Wildman–Crippen MR) is 142 cm³/mol. The number of carboxylic acid groups (broad SMARTS) is 1. The number of aliphatic carboxylic acids is 1. The van der Waals surface area contributed by atoms with Crippen molar-refractivity contribution in [3.8, 4) is 11.5 Å². The molecule has 0 saturated heterocycles. The number of ether oxygens (including phenoxy) is 3. The van der Waals surface area contributed by atoms with Gasteiger partial charge < -0.3 is 25.1 Å². The fraction of sp³-hybridized carbons (Fsp3) is 0.655. The molecule has 1 aromatic rings. The zero-order valence-corrected chi connectivity index (χ0v) is 23.2. The van der Waals surface area contributed by atoms with Crippen molar-refractivity contribution in [2.45, 2.75) is 104 Å². The van der Waals surface area contributed by atoms with Gasteiger partial charge in [0.15, 0.2) is 11.5 Å². The minimum Gasteiger partial charge on any atom is -0.480 e. The standard InChI is InChI=1S/C29H43NO8/c1-17(2)13-25(31)37-23-12-11-21(16-24(23)38-26(32)14-18(3)4)22(27(30)28(33)34)15-19(5)36-29(35)20-9-7-6-8-10-20/h11-12,16-20,22,27H,6-10,13-15,30H2,1-5H3,(H,33,34)/t19?,22?,27-/m0/s1. The van der Waals surface area contributed by atoms with Gasteiger partial charge in [-0.1, -0.05) is 53.0 Å². The lowest BCUT2D eigenvalue weighted by Gasteiger charge is -2.27. The monoisotopic (exact) mass is 533 g/mol. The van der Waals surface area contributed by atoms with E-state index in [2.05, 4.69) is 0 Å². The first-order valence-corrected chi connectivity index (χ1v) is 13.6. The van der Waals surface area contributed by atoms with Crippen molar-refractivity contribution >= 4 is 23.9 Å². The number of carbonyl (C=O) groups excluding carboxylic acids is 3. The van der Waals surface area contributed by atoms with Crippen LogP contribution in [0.2, 0.25) is 0 Å². The molecule has 0 radical (unpaired) electrons. The van der Waals surface area contributed by atoms with Crippen molar-refractivity contribution in [1.82, 2.24) is 0 Å². The topological polar surface area (TPSA) is 142 Å². The number of rotatable bonds is 13. The van der Waals surface area contributed by atoms with E-state index < -0.39 is 36.0 Å². The summed E-state index contributed by atoms with van der Waals surface area (Å²) in [6.45, 7) is 9.23. The van der Waals surface area contributed by atoms with Gasteiger partial charge in [0.25, 0.3) is 0 Å². The van der Waals surface area contributed by atoms with Crippen LogP contribution in [-0.2, 0) is 23.9 Å². The summed E-state index contributed by atoms with van der Waals surface area (Å²) in [7, 11) is 0. The third-order valence-corrected chi connectivity index (χ3v) is 6.55. The molecular formula is C29H43NO8. The van der Waals surface area contributed by atoms with Crippen molar-refractivity contribution in [2.75, 3.05) is 0 Å². The minimum atomic E-state index is -1.31. The number of nitrogens with two attached hydrogens (primary N) is 1. The molecular weight excluding hydrogens is 490 g/mol. The number of carbonyl (C=O) groups is 4. The maximum Gasteiger partial charge on any atom is 0.321 e. The first-order chi connectivity index (χ1) is 17.9. The van der Waals surface area contributed by atoms with Crippen molar-refractivity contribution in [1.29, 1.82) is 0 Å². The van der Waals surface area contributed by atoms with E-state index in [1.165, 1.54) is 12.1 Å². The molecule has 9 nitrogen and oxygen atoms in total. The molecule has 3 N–H and O–H groups in total. The fourth-order valence-corrected chi connectivity index (χ4v) is 4.62. The summed E-state index contributed by atoms with van der Waals surface area (Å²) in [5.74, 6) is -3.16. The molecule has 1 saturated carbocycles. The van der Waals surface area contributed by atoms with Crippen molar-refractivity contribution in [2.24, 2.45) is 23.5 Å². The molecule has 2 rings (SSSR count). The van der Waals surface area contributed by atoms with Gasteiger partial charge in [-0.15, -0.1) is 0 Å². The average molecular weight is 534 g/mol. The van der Waals surface area contributed by atoms with Crippen LogP contribution in [0.5, 0.6) is 11.5 Å². The first kappa shape index (κ1) is 31.3. The molecule has 0 heterocycles. The lowest BCUT2D eigenvalue weighted by Crippen LogP contribution is -2.38. The maximum absolute atomic E-state index is 12.6. The zero-order valence-electron chi connectivity index (χ0n) is 23.2. The number of carboxylic acids is 1. The zero-order chi connectivity index (χ0) is 28.4. The fourth-order valence-electron chi connectivity index (χ4n) is 4.62. The van der Waals surface area contributed by atoms with Gasteiger partial charge in [0.2, 0.25) is 0 Å². The molecule has 38 heavy (non-hydrogen) atoms. The normalized spacial score (nSPS) is 16.5. The van der Waals surface area contributed by atoms with E-state index in [4.69, 9.17) is 19.9 Å². The van der Waals surface area contributed by atoms with Gasteiger partial charge in [-0.2, -0.15) is 0 Å². The van der Waals surface area contributed by atoms with Gasteiger partial charge in [-0.05, 0) is 55.7 Å². The largest absolute Gasteiger partial charge is 0.480 e. The molecule has 1 aliphatic rings. The van der Waals surface area contributed by atoms with Crippen LogP contribution in [0.15, 0.2) is 18.2 Å². The van der Waals surface area contributed by atoms with Gasteiger partial charge in [-0.25, -0.2) is 0 Å². The summed E-state index contributed by atoms with van der Waals surface area (Å²) in [5.41, 5.74) is 6.54. The van der Waals surface area contributed by atoms with Gasteiger partial charge in [0.05, 0.1) is 12.0 Å². The number of hydrogen-bond acceptors (Lipinski definition) is 8. The Hall–Kier alpha value is -2.94. The molecule has 1 aliphatic carbocycles. The Kier molecular flexibility index (Phi) is 12.2. The van der Waals surface area contributed by atoms with E-state index >= 15 is 0 Å². The molecule has 1 aromatic carbocycles. The summed E-state index contributed by atoms with van der Waals surface area (Å²) >= 11 is 0. The third kappa shape index (κ3) is 10.1. The van der Waals surface area contributed by atoms with Crippen LogP contribution in [-0.4, -0.2) is 41.1 Å². The van der Waals surface area contributed by atoms with Crippen molar-refractivity contribution < 1.29 is 38.5 Å². The Morgan fingerprint density at radius 1 is 0.895 bits per heavy atom. The summed E-state index contributed by atoms with van der Waals surface area (Å²) < 4.78 is 16.7. The quantitative estimate of drug-likeness (QED) is 0.265. The minimum absolute atomic E-state index is 0.0136. The maximum atomic E-state index is 12.6. The van der Waals surface area contributed by atoms with E-state index in [0.29, 0.717) is 5.56 Å². The molecule has 0 amide bonds. The summed E-state index contributed by atoms with van der Waals surface area (Å²) in [4.78, 5) is 49.3. The Bertz CT molecular complexity index is 967. The van der Waals surface area contributed by atoms with Crippen molar-refractivity contribution in [3.05, 3.63) is 23.8 Å². The SMILES string of the molecule is CC(C)CC(=O)Oc1ccc(C(CC(C)OC(=O)C2CCCCC2)[C@H](N)C(=O)O)cc1OC(=O)CC(C)C. The van der Waals surface area contributed by atoms with E-state index in [1.807, 2.05) is 27.7 Å². The molecule has 0 aliphatic heterocycles. The lowest BCUT2D eigenvalue weighted by molar-refractivity contribution is -0.155. The Labute approximate surface area is 225 Å². The number of benzene rings is 1. The van der Waals surface area contributed by atoms with Crippen LogP contribution >= 0.6 is 0 Å². The van der Waals surface area contributed by atoms with E-state index in [1.54, 1.807) is 13.0 Å². The summed E-state index contributed by atoms with van der Waals surface area (Å²) in [6, 6.07) is 3.26. The third-order valence-electron chi connectivity index (χ3n) is 6.55. The highest BCUT2D eigenvalue weighted by Crippen LogP contribution is 2.35. The second-order valence-corrected chi connectivity index (χ2v) is 11.1. The van der Waals surface area contributed by atoms with E-state index in [-0.39, 0.29) is 54.5 Å². The Balaban J connectivity index is 2.32. The summed E-state index contributed by atoms with van der Waals surface area (Å²) in [5, 5.41) is 9.70. The predicted octanol–water partition coefficient (Wildman–Crippen LogP) is 4.99. The highest BCUT2D eigenvalue weighted by molar-refractivity contribution is 5.77. The van der Waals surface area contributed by atoms with E-state index in [9.17, 15) is 24.3 Å². The molecule has 212 valence electrons. The molecule has 1 fully saturated rings. The Morgan fingerprint density at radius 3 is 1.97 bits per heavy atom. The molecule has 9 heteroatoms. The molecule has 0 bridgehead atoms. The second-order valence-electron chi connectivity index (χ2n) is 11.1. The number of esters is 3. The van der Waals surface area contributed by atoms with Crippen molar-refractivity contribution in [3.63, 3.8) is 0 Å². The number of hydrogen-bond donors (Lipinski definition) is 2. The summed E-state index contributed by atoms with van der Waals surface area (Å²) in [6.07, 6.45) is 4.58. The molecule has 3 atom stereocenters. The van der Waals surface area contributed by atoms with Crippen LogP contribution in [0.1, 0.15) is 97.5 Å². The molecule has 0 spiro atoms. The van der Waals surface area contributed by atoms with Crippen LogP contribution in [0.4, 0.5) is 0 Å². The average Bonchev–Trinajstić information content (AvgIpc) is 2.82. The van der Waals surface area contributed by atoms with Crippen LogP contribution < -0.4 is 15.2 Å². The van der Waals surface area contributed by atoms with Crippen LogP contribution in [0.25, 0.3) is 0 Å². The van der Waals surface area contributed by atoms with Gasteiger partial charge in [0, 0.05) is 18.8 Å². The first-order valence-electron chi connectivity index (χ1n) is 13.6. The van der Waals surface area contributed by atoms with Gasteiger partial charge >= 0.3 is 23.9 Å². The molecule has 0 aromatic heterocycles. The van der Waals surface area contributed by atoms with E-state index in [0.717, 1.165) is 32.1 Å². The smallest absolute Gasteiger partial charge is 0.321 e. The second kappa shape index (κ2) is 14.9. The van der Waals surface area contributed by atoms with Gasteiger partial charge in [-0.3, -0.25) is 19.2 Å². The molecule has 2 unspecified atom stereocenters. The highest BCUT2D eigenvalue weighted by atomic mass is 16.6. The lowest BCUT2D eigenvalue weighted by atomic mass is 9.86. The van der Waals surface area contributed by atoms with Crippen LogP contribution in [0, 0.1) is 17.8 Å².